The molecule has 1 aliphatic carbocycles. The van der Waals surface area contributed by atoms with Crippen LogP contribution in [-0.4, -0.2) is 32.8 Å². The number of aromatic nitrogens is 2. The fourth-order valence-corrected chi connectivity index (χ4v) is 2.59. The highest BCUT2D eigenvalue weighted by Gasteiger charge is 2.35. The molecule has 0 aromatic carbocycles. The van der Waals surface area contributed by atoms with Crippen LogP contribution in [0.5, 0.6) is 0 Å². The van der Waals surface area contributed by atoms with Gasteiger partial charge >= 0.3 is 0 Å². The fourth-order valence-electron chi connectivity index (χ4n) is 2.59. The molecule has 0 bridgehead atoms. The van der Waals surface area contributed by atoms with Gasteiger partial charge in [-0.15, -0.1) is 0 Å². The van der Waals surface area contributed by atoms with Crippen molar-refractivity contribution in [1.29, 1.82) is 0 Å². The third-order valence-electron chi connectivity index (χ3n) is 4.04. The van der Waals surface area contributed by atoms with Gasteiger partial charge in [0.1, 0.15) is 5.82 Å². The molecule has 0 spiro atoms. The van der Waals surface area contributed by atoms with Crippen molar-refractivity contribution < 1.29 is 5.11 Å². The van der Waals surface area contributed by atoms with Crippen molar-refractivity contribution in [1.82, 2.24) is 9.97 Å². The minimum atomic E-state index is -0.266. The Hall–Kier alpha value is -1.36. The van der Waals surface area contributed by atoms with Crippen LogP contribution in [0.1, 0.15) is 53.9 Å². The van der Waals surface area contributed by atoms with Gasteiger partial charge in [0.25, 0.3) is 0 Å². The van der Waals surface area contributed by atoms with Gasteiger partial charge in [-0.05, 0) is 51.5 Å². The second-order valence-electron chi connectivity index (χ2n) is 7.76. The fraction of sp³-hybridized carbons (Fsp3) is 0.750. The van der Waals surface area contributed by atoms with E-state index in [9.17, 15) is 5.11 Å². The van der Waals surface area contributed by atoms with Crippen LogP contribution >= 0.6 is 0 Å². The van der Waals surface area contributed by atoms with Crippen molar-refractivity contribution in [3.8, 4) is 0 Å². The molecule has 1 saturated carbocycles. The number of nitrogens with zero attached hydrogens (tertiary/aromatic N) is 2. The van der Waals surface area contributed by atoms with Crippen molar-refractivity contribution >= 4 is 11.8 Å². The summed E-state index contributed by atoms with van der Waals surface area (Å²) in [4.78, 5) is 8.74. The number of anilines is 2. The van der Waals surface area contributed by atoms with E-state index in [0.717, 1.165) is 25.1 Å². The lowest BCUT2D eigenvalue weighted by Gasteiger charge is -2.39. The van der Waals surface area contributed by atoms with Crippen molar-refractivity contribution in [2.24, 2.45) is 5.41 Å². The summed E-state index contributed by atoms with van der Waals surface area (Å²) in [5, 5.41) is 16.9. The third kappa shape index (κ3) is 4.56. The molecular weight excluding hydrogens is 264 g/mol. The van der Waals surface area contributed by atoms with Crippen LogP contribution < -0.4 is 10.6 Å². The normalized spacial score (nSPS) is 25.4. The first kappa shape index (κ1) is 16.0. The van der Waals surface area contributed by atoms with Crippen LogP contribution in [0.2, 0.25) is 0 Å². The molecule has 21 heavy (non-hydrogen) atoms. The van der Waals surface area contributed by atoms with Gasteiger partial charge in [-0.25, -0.2) is 4.98 Å². The zero-order valence-electron chi connectivity index (χ0n) is 13.8. The largest absolute Gasteiger partial charge is 0.392 e. The zero-order chi connectivity index (χ0) is 15.7. The lowest BCUT2D eigenvalue weighted by atomic mass is 9.73. The first-order chi connectivity index (χ1) is 9.66. The SMILES string of the molecule is CC(C)(C)Nc1nccc(N[C@@H]2CCC(C)(C)[C@H](O)C2)n1. The monoisotopic (exact) mass is 292 g/mol. The smallest absolute Gasteiger partial charge is 0.224 e. The Morgan fingerprint density at radius 3 is 2.67 bits per heavy atom. The van der Waals surface area contributed by atoms with Crippen molar-refractivity contribution in [3.05, 3.63) is 12.3 Å². The number of aliphatic hydroxyl groups excluding tert-OH is 1. The first-order valence-corrected chi connectivity index (χ1v) is 7.71. The van der Waals surface area contributed by atoms with E-state index in [1.54, 1.807) is 6.20 Å². The number of aliphatic hydroxyl groups is 1. The Balaban J connectivity index is 1.99. The van der Waals surface area contributed by atoms with Gasteiger partial charge in [-0.2, -0.15) is 4.98 Å². The van der Waals surface area contributed by atoms with Gasteiger partial charge in [0.15, 0.2) is 0 Å². The Kier molecular flexibility index (Phi) is 4.42. The maximum atomic E-state index is 10.2. The van der Waals surface area contributed by atoms with Gasteiger partial charge in [-0.3, -0.25) is 0 Å². The maximum absolute atomic E-state index is 10.2. The van der Waals surface area contributed by atoms with Crippen LogP contribution in [0, 0.1) is 5.41 Å². The van der Waals surface area contributed by atoms with E-state index in [2.05, 4.69) is 55.2 Å². The lowest BCUT2D eigenvalue weighted by molar-refractivity contribution is 0.00913. The maximum Gasteiger partial charge on any atom is 0.224 e. The highest BCUT2D eigenvalue weighted by molar-refractivity contribution is 5.41. The van der Waals surface area contributed by atoms with E-state index in [4.69, 9.17) is 0 Å². The number of hydrogen-bond donors (Lipinski definition) is 3. The summed E-state index contributed by atoms with van der Waals surface area (Å²) in [5.41, 5.74) is -0.0491. The summed E-state index contributed by atoms with van der Waals surface area (Å²) < 4.78 is 0. The summed E-state index contributed by atoms with van der Waals surface area (Å²) in [5.74, 6) is 1.44. The Bertz CT molecular complexity index is 481. The highest BCUT2D eigenvalue weighted by Crippen LogP contribution is 2.36. The average molecular weight is 292 g/mol. The van der Waals surface area contributed by atoms with Crippen molar-refractivity contribution in [3.63, 3.8) is 0 Å². The van der Waals surface area contributed by atoms with Crippen LogP contribution in [0.4, 0.5) is 11.8 Å². The molecule has 5 nitrogen and oxygen atoms in total. The molecule has 2 rings (SSSR count). The molecule has 2 atom stereocenters. The third-order valence-corrected chi connectivity index (χ3v) is 4.04. The van der Waals surface area contributed by atoms with E-state index >= 15 is 0 Å². The summed E-state index contributed by atoms with van der Waals surface area (Å²) >= 11 is 0. The van der Waals surface area contributed by atoms with Gasteiger partial charge in [0.2, 0.25) is 5.95 Å². The minimum Gasteiger partial charge on any atom is -0.392 e. The summed E-state index contributed by atoms with van der Waals surface area (Å²) in [7, 11) is 0. The molecule has 5 heteroatoms. The van der Waals surface area contributed by atoms with E-state index in [1.165, 1.54) is 0 Å². The zero-order valence-corrected chi connectivity index (χ0v) is 13.8. The number of nitrogens with one attached hydrogen (secondary N) is 2. The average Bonchev–Trinajstić information content (AvgIpc) is 2.33. The molecule has 0 unspecified atom stereocenters. The van der Waals surface area contributed by atoms with Gasteiger partial charge in [-0.1, -0.05) is 13.8 Å². The molecule has 1 aromatic rings. The Morgan fingerprint density at radius 2 is 2.05 bits per heavy atom. The summed E-state index contributed by atoms with van der Waals surface area (Å²) in [6, 6.07) is 2.14. The standard InChI is InChI=1S/C16H28N4O/c1-15(2,3)20-14-17-9-7-13(19-14)18-11-6-8-16(4,5)12(21)10-11/h7,9,11-12,21H,6,8,10H2,1-5H3,(H2,17,18,19,20)/t11-,12-/m1/s1. The molecular formula is C16H28N4O. The Morgan fingerprint density at radius 1 is 1.33 bits per heavy atom. The number of hydrogen-bond acceptors (Lipinski definition) is 5. The van der Waals surface area contributed by atoms with E-state index in [1.807, 2.05) is 6.07 Å². The van der Waals surface area contributed by atoms with Gasteiger partial charge in [0.05, 0.1) is 6.10 Å². The molecule has 1 heterocycles. The second kappa shape index (κ2) is 5.79. The van der Waals surface area contributed by atoms with Crippen LogP contribution in [0.25, 0.3) is 0 Å². The second-order valence-corrected chi connectivity index (χ2v) is 7.76. The molecule has 1 aliphatic rings. The van der Waals surface area contributed by atoms with E-state index < -0.39 is 0 Å². The van der Waals surface area contributed by atoms with Crippen molar-refractivity contribution in [2.45, 2.75) is 71.6 Å². The van der Waals surface area contributed by atoms with Crippen LogP contribution in [0.15, 0.2) is 12.3 Å². The van der Waals surface area contributed by atoms with E-state index in [0.29, 0.717) is 5.95 Å². The predicted molar refractivity (Wildman–Crippen MR) is 86.5 cm³/mol. The lowest BCUT2D eigenvalue weighted by Crippen LogP contribution is -2.41. The molecule has 0 saturated heterocycles. The van der Waals surface area contributed by atoms with Crippen LogP contribution in [0.3, 0.4) is 0 Å². The summed E-state index contributed by atoms with van der Waals surface area (Å²) in [6.45, 7) is 10.5. The molecule has 118 valence electrons. The molecule has 0 amide bonds. The predicted octanol–water partition coefficient (Wildman–Crippen LogP) is 3.04. The molecule has 3 N–H and O–H groups in total. The number of rotatable bonds is 3. The quantitative estimate of drug-likeness (QED) is 0.799. The minimum absolute atomic E-state index is 0.0167. The molecule has 0 radical (unpaired) electrons. The first-order valence-electron chi connectivity index (χ1n) is 7.71. The van der Waals surface area contributed by atoms with Gasteiger partial charge < -0.3 is 15.7 Å². The van der Waals surface area contributed by atoms with E-state index in [-0.39, 0.29) is 23.1 Å². The molecule has 1 fully saturated rings. The van der Waals surface area contributed by atoms with Crippen molar-refractivity contribution in [2.75, 3.05) is 10.6 Å². The Labute approximate surface area is 127 Å². The molecule has 1 aromatic heterocycles. The van der Waals surface area contributed by atoms with Crippen LogP contribution in [-0.2, 0) is 0 Å². The molecule has 0 aliphatic heterocycles. The van der Waals surface area contributed by atoms with Gasteiger partial charge in [0, 0.05) is 17.8 Å². The topological polar surface area (TPSA) is 70.1 Å². The highest BCUT2D eigenvalue weighted by atomic mass is 16.3. The summed E-state index contributed by atoms with van der Waals surface area (Å²) in [6.07, 6.45) is 4.32.